The van der Waals surface area contributed by atoms with Gasteiger partial charge < -0.3 is 24.6 Å². The van der Waals surface area contributed by atoms with E-state index in [0.717, 1.165) is 53.1 Å². The Morgan fingerprint density at radius 3 is 2.45 bits per heavy atom. The van der Waals surface area contributed by atoms with Gasteiger partial charge in [0.1, 0.15) is 11.2 Å². The Morgan fingerprint density at radius 2 is 1.71 bits per heavy atom. The van der Waals surface area contributed by atoms with Crippen molar-refractivity contribution in [1.29, 1.82) is 0 Å². The van der Waals surface area contributed by atoms with Crippen LogP contribution in [0.1, 0.15) is 56.1 Å². The van der Waals surface area contributed by atoms with Gasteiger partial charge in [-0.05, 0) is 68.6 Å². The maximum Gasteiger partial charge on any atom is 0.339 e. The van der Waals surface area contributed by atoms with E-state index in [2.05, 4.69) is 10.6 Å². The number of hydrogen-bond acceptors (Lipinski definition) is 6. The molecule has 9 heteroatoms. The van der Waals surface area contributed by atoms with E-state index < -0.39 is 11.6 Å². The van der Waals surface area contributed by atoms with Gasteiger partial charge in [0.2, 0.25) is 11.8 Å². The standard InChI is InChI=1S/C33H36N2O7/c1-20-24(13-14-30(36)35-18-21-9-11-23(12-10-21)32(39)34-15-5-8-31(37)38)33(40)42-29-17-28-26(16-25(20)29)27(19-41-28)22-6-3-2-4-7-22/h2-4,6-7,16-17,19,21,23H,5,8-15,18H2,1H3,(H,34,39)(H,35,36)(H,37,38). The lowest BCUT2D eigenvalue weighted by Gasteiger charge is -2.28. The second kappa shape index (κ2) is 13.1. The highest BCUT2D eigenvalue weighted by Gasteiger charge is 2.26. The number of amides is 2. The van der Waals surface area contributed by atoms with Gasteiger partial charge in [0.25, 0.3) is 0 Å². The summed E-state index contributed by atoms with van der Waals surface area (Å²) in [7, 11) is 0. The summed E-state index contributed by atoms with van der Waals surface area (Å²) in [6, 6.07) is 13.7. The number of hydrogen-bond donors (Lipinski definition) is 3. The Morgan fingerprint density at radius 1 is 0.952 bits per heavy atom. The van der Waals surface area contributed by atoms with Crippen molar-refractivity contribution in [3.8, 4) is 11.1 Å². The minimum Gasteiger partial charge on any atom is -0.481 e. The Labute approximate surface area is 243 Å². The van der Waals surface area contributed by atoms with E-state index in [0.29, 0.717) is 42.2 Å². The smallest absolute Gasteiger partial charge is 0.339 e. The van der Waals surface area contributed by atoms with E-state index in [9.17, 15) is 19.2 Å². The van der Waals surface area contributed by atoms with Gasteiger partial charge >= 0.3 is 11.6 Å². The second-order valence-electron chi connectivity index (χ2n) is 11.2. The molecule has 4 aromatic rings. The molecule has 1 aliphatic carbocycles. The zero-order valence-electron chi connectivity index (χ0n) is 23.7. The van der Waals surface area contributed by atoms with Gasteiger partial charge in [-0.2, -0.15) is 0 Å². The molecular weight excluding hydrogens is 536 g/mol. The Hall–Kier alpha value is -4.40. The van der Waals surface area contributed by atoms with Gasteiger partial charge in [-0.1, -0.05) is 30.3 Å². The number of aliphatic carboxylic acids is 1. The average molecular weight is 573 g/mol. The van der Waals surface area contributed by atoms with Crippen LogP contribution >= 0.6 is 0 Å². The molecule has 0 saturated heterocycles. The van der Waals surface area contributed by atoms with Crippen molar-refractivity contribution >= 4 is 39.7 Å². The molecule has 3 N–H and O–H groups in total. The number of aryl methyl sites for hydroxylation is 1. The zero-order chi connectivity index (χ0) is 29.6. The number of carboxylic acids is 1. The van der Waals surface area contributed by atoms with Crippen LogP contribution < -0.4 is 16.3 Å². The molecule has 2 aromatic carbocycles. The first-order valence-electron chi connectivity index (χ1n) is 14.6. The van der Waals surface area contributed by atoms with Crippen LogP contribution in [0.4, 0.5) is 0 Å². The summed E-state index contributed by atoms with van der Waals surface area (Å²) in [5.41, 5.74) is 3.95. The molecule has 1 saturated carbocycles. The lowest BCUT2D eigenvalue weighted by molar-refractivity contribution is -0.137. The first-order chi connectivity index (χ1) is 20.3. The summed E-state index contributed by atoms with van der Waals surface area (Å²) in [6.45, 7) is 2.80. The van der Waals surface area contributed by atoms with E-state index >= 15 is 0 Å². The third-order valence-electron chi connectivity index (χ3n) is 8.34. The molecule has 2 heterocycles. The van der Waals surface area contributed by atoms with E-state index in [1.165, 1.54) is 0 Å². The SMILES string of the molecule is Cc1c(CCC(=O)NCC2CCC(C(=O)NCCCC(=O)O)CC2)c(=O)oc2cc3occ(-c4ccccc4)c3cc12. The molecule has 0 bridgehead atoms. The molecule has 0 atom stereocenters. The Balaban J connectivity index is 1.15. The highest BCUT2D eigenvalue weighted by Crippen LogP contribution is 2.34. The maximum absolute atomic E-state index is 12.8. The highest BCUT2D eigenvalue weighted by atomic mass is 16.4. The van der Waals surface area contributed by atoms with Crippen LogP contribution in [0.15, 0.2) is 62.4 Å². The Bertz CT molecular complexity index is 1650. The molecule has 0 aliphatic heterocycles. The molecule has 5 rings (SSSR count). The number of benzene rings is 2. The van der Waals surface area contributed by atoms with Crippen molar-refractivity contribution in [2.75, 3.05) is 13.1 Å². The third-order valence-corrected chi connectivity index (χ3v) is 8.34. The topological polar surface area (TPSA) is 139 Å². The quantitative estimate of drug-likeness (QED) is 0.163. The number of nitrogens with one attached hydrogen (secondary N) is 2. The summed E-state index contributed by atoms with van der Waals surface area (Å²) in [5, 5.41) is 16.3. The zero-order valence-corrected chi connectivity index (χ0v) is 23.7. The number of carbonyl (C=O) groups excluding carboxylic acids is 2. The first-order valence-corrected chi connectivity index (χ1v) is 14.6. The summed E-state index contributed by atoms with van der Waals surface area (Å²) >= 11 is 0. The molecule has 220 valence electrons. The lowest BCUT2D eigenvalue weighted by Crippen LogP contribution is -2.36. The van der Waals surface area contributed by atoms with E-state index in [1.807, 2.05) is 43.3 Å². The van der Waals surface area contributed by atoms with E-state index in [1.54, 1.807) is 12.3 Å². The van der Waals surface area contributed by atoms with Gasteiger partial charge in [0.15, 0.2) is 0 Å². The van der Waals surface area contributed by atoms with Crippen molar-refractivity contribution in [2.45, 2.75) is 58.3 Å². The number of carboxylic acid groups (broad SMARTS) is 1. The molecular formula is C33H36N2O7. The molecule has 2 amide bonds. The summed E-state index contributed by atoms with van der Waals surface area (Å²) < 4.78 is 11.4. The van der Waals surface area contributed by atoms with Crippen molar-refractivity contribution in [3.05, 3.63) is 70.3 Å². The van der Waals surface area contributed by atoms with E-state index in [-0.39, 0.29) is 37.0 Å². The van der Waals surface area contributed by atoms with Gasteiger partial charge in [-0.3, -0.25) is 14.4 Å². The normalized spacial score (nSPS) is 16.9. The van der Waals surface area contributed by atoms with Crippen LogP contribution in [0, 0.1) is 18.8 Å². The van der Waals surface area contributed by atoms with Crippen LogP contribution in [0.25, 0.3) is 33.1 Å². The van der Waals surface area contributed by atoms with Crippen LogP contribution in [0.5, 0.6) is 0 Å². The van der Waals surface area contributed by atoms with Crippen LogP contribution in [-0.4, -0.2) is 36.0 Å². The molecule has 0 unspecified atom stereocenters. The molecule has 2 aromatic heterocycles. The van der Waals surface area contributed by atoms with Crippen LogP contribution in [-0.2, 0) is 20.8 Å². The average Bonchev–Trinajstić information content (AvgIpc) is 3.40. The van der Waals surface area contributed by atoms with Crippen molar-refractivity contribution in [3.63, 3.8) is 0 Å². The predicted octanol–water partition coefficient (Wildman–Crippen LogP) is 5.35. The number of rotatable bonds is 11. The first kappa shape index (κ1) is 29.1. The second-order valence-corrected chi connectivity index (χ2v) is 11.2. The predicted molar refractivity (Wildman–Crippen MR) is 159 cm³/mol. The Kier molecular flexibility index (Phi) is 9.05. The highest BCUT2D eigenvalue weighted by molar-refractivity contribution is 6.02. The third kappa shape index (κ3) is 6.73. The number of furan rings is 1. The minimum absolute atomic E-state index is 0.0164. The van der Waals surface area contributed by atoms with Gasteiger partial charge in [0, 0.05) is 59.8 Å². The van der Waals surface area contributed by atoms with Crippen molar-refractivity contribution in [1.82, 2.24) is 10.6 Å². The van der Waals surface area contributed by atoms with Gasteiger partial charge in [0.05, 0.1) is 6.26 Å². The van der Waals surface area contributed by atoms with Crippen LogP contribution in [0.3, 0.4) is 0 Å². The fourth-order valence-electron chi connectivity index (χ4n) is 5.85. The summed E-state index contributed by atoms with van der Waals surface area (Å²) in [6.07, 6.45) is 5.81. The number of fused-ring (bicyclic) bond motifs is 2. The molecule has 0 spiro atoms. The summed E-state index contributed by atoms with van der Waals surface area (Å²) in [4.78, 5) is 48.5. The lowest BCUT2D eigenvalue weighted by atomic mass is 9.81. The van der Waals surface area contributed by atoms with E-state index in [4.69, 9.17) is 13.9 Å². The minimum atomic E-state index is -0.864. The molecule has 42 heavy (non-hydrogen) atoms. The fourth-order valence-corrected chi connectivity index (χ4v) is 5.85. The monoisotopic (exact) mass is 572 g/mol. The maximum atomic E-state index is 12.8. The molecule has 1 fully saturated rings. The number of carbonyl (C=O) groups is 3. The van der Waals surface area contributed by atoms with Crippen LogP contribution in [0.2, 0.25) is 0 Å². The van der Waals surface area contributed by atoms with Crippen molar-refractivity contribution < 1.29 is 28.3 Å². The largest absolute Gasteiger partial charge is 0.481 e. The molecule has 0 radical (unpaired) electrons. The fraction of sp³-hybridized carbons (Fsp3) is 0.394. The molecule has 9 nitrogen and oxygen atoms in total. The summed E-state index contributed by atoms with van der Waals surface area (Å²) in [5.74, 6) is -0.768. The van der Waals surface area contributed by atoms with Crippen molar-refractivity contribution in [2.24, 2.45) is 11.8 Å². The van der Waals surface area contributed by atoms with Gasteiger partial charge in [-0.25, -0.2) is 4.79 Å². The van der Waals surface area contributed by atoms with Gasteiger partial charge in [-0.15, -0.1) is 0 Å². The molecule has 1 aliphatic rings.